The summed E-state index contributed by atoms with van der Waals surface area (Å²) in [5.41, 5.74) is 0. The molecule has 0 bridgehead atoms. The second-order valence-electron chi connectivity index (χ2n) is 5.30. The van der Waals surface area contributed by atoms with E-state index in [9.17, 15) is 4.79 Å². The molecule has 17 heavy (non-hydrogen) atoms. The zero-order chi connectivity index (χ0) is 12.9. The summed E-state index contributed by atoms with van der Waals surface area (Å²) in [6.45, 7) is 6.27. The first-order valence-corrected chi connectivity index (χ1v) is 7.46. The van der Waals surface area contributed by atoms with Gasteiger partial charge in [0.2, 0.25) is 5.91 Å². The minimum absolute atomic E-state index is 0.211. The van der Waals surface area contributed by atoms with Gasteiger partial charge in [-0.1, -0.05) is 58.3 Å². The Balaban J connectivity index is 3.10. The maximum absolute atomic E-state index is 11.3. The van der Waals surface area contributed by atoms with E-state index >= 15 is 0 Å². The summed E-state index contributed by atoms with van der Waals surface area (Å²) in [6, 6.07) is 0.279. The highest BCUT2D eigenvalue weighted by atomic mass is 16.1. The van der Waals surface area contributed by atoms with E-state index in [4.69, 9.17) is 0 Å². The quantitative estimate of drug-likeness (QED) is 0.533. The molecule has 0 aliphatic rings. The van der Waals surface area contributed by atoms with E-state index in [2.05, 4.69) is 12.2 Å². The third-order valence-corrected chi connectivity index (χ3v) is 2.96. The first-order valence-electron chi connectivity index (χ1n) is 7.46. The molecule has 0 aliphatic carbocycles. The van der Waals surface area contributed by atoms with Crippen molar-refractivity contribution in [3.8, 4) is 0 Å². The second-order valence-corrected chi connectivity index (χ2v) is 5.30. The molecule has 0 saturated carbocycles. The van der Waals surface area contributed by atoms with Gasteiger partial charge in [0.15, 0.2) is 0 Å². The summed E-state index contributed by atoms with van der Waals surface area (Å²) in [6.07, 6.45) is 12.5. The van der Waals surface area contributed by atoms with Gasteiger partial charge in [0, 0.05) is 12.5 Å². The summed E-state index contributed by atoms with van der Waals surface area (Å²) in [5.74, 6) is 0.211. The minimum Gasteiger partial charge on any atom is -0.354 e. The Bertz CT molecular complexity index is 178. The Morgan fingerprint density at radius 1 is 0.882 bits per heavy atom. The predicted molar refractivity (Wildman–Crippen MR) is 75.1 cm³/mol. The van der Waals surface area contributed by atoms with Crippen molar-refractivity contribution in [1.29, 1.82) is 0 Å². The molecule has 0 radical (unpaired) electrons. The molecule has 0 spiro atoms. The lowest BCUT2D eigenvalue weighted by Crippen LogP contribution is -2.29. The molecular formula is C15H31NO. The fraction of sp³-hybridized carbons (Fsp3) is 0.933. The SMILES string of the molecule is CCCCCCCCCCCC(=O)NC(C)C. The number of rotatable bonds is 11. The maximum Gasteiger partial charge on any atom is 0.220 e. The van der Waals surface area contributed by atoms with Crippen molar-refractivity contribution in [3.05, 3.63) is 0 Å². The normalized spacial score (nSPS) is 10.8. The Labute approximate surface area is 108 Å². The Hall–Kier alpha value is -0.530. The van der Waals surface area contributed by atoms with Gasteiger partial charge >= 0.3 is 0 Å². The lowest BCUT2D eigenvalue weighted by Gasteiger charge is -2.07. The van der Waals surface area contributed by atoms with E-state index < -0.39 is 0 Å². The van der Waals surface area contributed by atoms with Crippen LogP contribution < -0.4 is 5.32 Å². The van der Waals surface area contributed by atoms with Crippen LogP contribution in [-0.2, 0) is 4.79 Å². The van der Waals surface area contributed by atoms with Gasteiger partial charge in [-0.3, -0.25) is 4.79 Å². The molecule has 0 unspecified atom stereocenters. The van der Waals surface area contributed by atoms with E-state index in [0.29, 0.717) is 6.42 Å². The van der Waals surface area contributed by atoms with Crippen molar-refractivity contribution in [3.63, 3.8) is 0 Å². The fourth-order valence-corrected chi connectivity index (χ4v) is 1.99. The number of hydrogen-bond acceptors (Lipinski definition) is 1. The minimum atomic E-state index is 0.211. The molecule has 0 atom stereocenters. The van der Waals surface area contributed by atoms with E-state index in [0.717, 1.165) is 6.42 Å². The van der Waals surface area contributed by atoms with Crippen molar-refractivity contribution in [2.24, 2.45) is 0 Å². The molecule has 0 rings (SSSR count). The smallest absolute Gasteiger partial charge is 0.220 e. The molecule has 0 aliphatic heterocycles. The third-order valence-electron chi connectivity index (χ3n) is 2.96. The first kappa shape index (κ1) is 16.5. The number of hydrogen-bond donors (Lipinski definition) is 1. The van der Waals surface area contributed by atoms with Crippen LogP contribution in [0.25, 0.3) is 0 Å². The van der Waals surface area contributed by atoms with E-state index in [1.54, 1.807) is 0 Å². The van der Waals surface area contributed by atoms with Crippen LogP contribution in [0.15, 0.2) is 0 Å². The molecule has 1 amide bonds. The number of amides is 1. The summed E-state index contributed by atoms with van der Waals surface area (Å²) in [5, 5.41) is 2.93. The second kappa shape index (κ2) is 11.9. The number of nitrogens with one attached hydrogen (secondary N) is 1. The topological polar surface area (TPSA) is 29.1 Å². The van der Waals surface area contributed by atoms with Gasteiger partial charge < -0.3 is 5.32 Å². The Morgan fingerprint density at radius 2 is 1.35 bits per heavy atom. The summed E-state index contributed by atoms with van der Waals surface area (Å²) in [7, 11) is 0. The number of carbonyl (C=O) groups excluding carboxylic acids is 1. The fourth-order valence-electron chi connectivity index (χ4n) is 1.99. The molecule has 102 valence electrons. The van der Waals surface area contributed by atoms with Crippen molar-refractivity contribution >= 4 is 5.91 Å². The Kier molecular flexibility index (Phi) is 11.6. The van der Waals surface area contributed by atoms with Gasteiger partial charge in [0.25, 0.3) is 0 Å². The lowest BCUT2D eigenvalue weighted by molar-refractivity contribution is -0.121. The van der Waals surface area contributed by atoms with Gasteiger partial charge in [0.1, 0.15) is 0 Å². The van der Waals surface area contributed by atoms with Crippen LogP contribution in [-0.4, -0.2) is 11.9 Å². The highest BCUT2D eigenvalue weighted by Gasteiger charge is 2.02. The van der Waals surface area contributed by atoms with Crippen LogP contribution in [0.3, 0.4) is 0 Å². The standard InChI is InChI=1S/C15H31NO/c1-4-5-6-7-8-9-10-11-12-13-15(17)16-14(2)3/h14H,4-13H2,1-3H3,(H,16,17). The number of unbranched alkanes of at least 4 members (excludes halogenated alkanes) is 8. The van der Waals surface area contributed by atoms with Gasteiger partial charge in [-0.2, -0.15) is 0 Å². The average Bonchev–Trinajstić information content (AvgIpc) is 2.26. The highest BCUT2D eigenvalue weighted by Crippen LogP contribution is 2.10. The Morgan fingerprint density at radius 3 is 1.82 bits per heavy atom. The van der Waals surface area contributed by atoms with E-state index in [1.807, 2.05) is 13.8 Å². The summed E-state index contributed by atoms with van der Waals surface area (Å²) >= 11 is 0. The van der Waals surface area contributed by atoms with Crippen LogP contribution in [0.4, 0.5) is 0 Å². The van der Waals surface area contributed by atoms with Crippen LogP contribution in [0.5, 0.6) is 0 Å². The van der Waals surface area contributed by atoms with Crippen LogP contribution in [0, 0.1) is 0 Å². The molecule has 2 nitrogen and oxygen atoms in total. The van der Waals surface area contributed by atoms with E-state index in [-0.39, 0.29) is 11.9 Å². The van der Waals surface area contributed by atoms with Gasteiger partial charge in [-0.15, -0.1) is 0 Å². The molecule has 0 saturated heterocycles. The maximum atomic E-state index is 11.3. The largest absolute Gasteiger partial charge is 0.354 e. The third kappa shape index (κ3) is 13.4. The van der Waals surface area contributed by atoms with Crippen molar-refractivity contribution in [1.82, 2.24) is 5.32 Å². The van der Waals surface area contributed by atoms with Gasteiger partial charge in [0.05, 0.1) is 0 Å². The average molecular weight is 241 g/mol. The summed E-state index contributed by atoms with van der Waals surface area (Å²) in [4.78, 5) is 11.3. The highest BCUT2D eigenvalue weighted by molar-refractivity contribution is 5.76. The monoisotopic (exact) mass is 241 g/mol. The molecule has 0 aromatic rings. The van der Waals surface area contributed by atoms with Crippen LogP contribution >= 0.6 is 0 Å². The van der Waals surface area contributed by atoms with Gasteiger partial charge in [-0.05, 0) is 20.3 Å². The van der Waals surface area contributed by atoms with Crippen LogP contribution in [0.2, 0.25) is 0 Å². The predicted octanol–water partition coefficient (Wildman–Crippen LogP) is 4.43. The van der Waals surface area contributed by atoms with E-state index in [1.165, 1.54) is 51.4 Å². The zero-order valence-corrected chi connectivity index (χ0v) is 12.1. The molecule has 0 aromatic heterocycles. The lowest BCUT2D eigenvalue weighted by atomic mass is 10.1. The number of carbonyl (C=O) groups is 1. The van der Waals surface area contributed by atoms with Crippen molar-refractivity contribution in [2.45, 2.75) is 91.0 Å². The van der Waals surface area contributed by atoms with Crippen molar-refractivity contribution < 1.29 is 4.79 Å². The first-order chi connectivity index (χ1) is 8.16. The van der Waals surface area contributed by atoms with Crippen molar-refractivity contribution in [2.75, 3.05) is 0 Å². The molecule has 2 heteroatoms. The van der Waals surface area contributed by atoms with Gasteiger partial charge in [-0.25, -0.2) is 0 Å². The molecule has 0 fully saturated rings. The van der Waals surface area contributed by atoms with Crippen LogP contribution in [0.1, 0.15) is 85.0 Å². The molecular weight excluding hydrogens is 210 g/mol. The molecule has 0 heterocycles. The molecule has 0 aromatic carbocycles. The summed E-state index contributed by atoms with van der Waals surface area (Å²) < 4.78 is 0. The zero-order valence-electron chi connectivity index (χ0n) is 12.1. The molecule has 1 N–H and O–H groups in total.